The van der Waals surface area contributed by atoms with Gasteiger partial charge in [-0.25, -0.2) is 13.6 Å². The van der Waals surface area contributed by atoms with Crippen molar-refractivity contribution in [1.82, 2.24) is 9.78 Å². The van der Waals surface area contributed by atoms with Crippen molar-refractivity contribution >= 4 is 34.4 Å². The van der Waals surface area contributed by atoms with E-state index in [1.54, 1.807) is 0 Å². The van der Waals surface area contributed by atoms with Gasteiger partial charge in [0.1, 0.15) is 17.3 Å². The Morgan fingerprint density at radius 2 is 1.67 bits per heavy atom. The van der Waals surface area contributed by atoms with Crippen LogP contribution in [-0.2, 0) is 6.18 Å². The SMILES string of the molecule is O=C(O)c1ccc(-c2nn(C(=O)c3c(Cl)cccc3C(F)(F)F)c3cccc(F)c23)cc1F. The summed E-state index contributed by atoms with van der Waals surface area (Å²) in [5.74, 6) is -4.83. The van der Waals surface area contributed by atoms with Gasteiger partial charge in [-0.2, -0.15) is 23.0 Å². The summed E-state index contributed by atoms with van der Waals surface area (Å²) in [4.78, 5) is 24.2. The molecule has 0 aliphatic rings. The second kappa shape index (κ2) is 7.96. The lowest BCUT2D eigenvalue weighted by Gasteiger charge is -2.13. The fourth-order valence-electron chi connectivity index (χ4n) is 3.40. The Hall–Kier alpha value is -3.79. The van der Waals surface area contributed by atoms with Crippen molar-refractivity contribution in [3.05, 3.63) is 87.9 Å². The molecule has 0 aliphatic heterocycles. The summed E-state index contributed by atoms with van der Waals surface area (Å²) >= 11 is 5.91. The Labute approximate surface area is 186 Å². The summed E-state index contributed by atoms with van der Waals surface area (Å²) in [6.45, 7) is 0. The number of nitrogens with zero attached hydrogens (tertiary/aromatic N) is 2. The van der Waals surface area contributed by atoms with Crippen LogP contribution in [0, 0.1) is 11.6 Å². The smallest absolute Gasteiger partial charge is 0.417 e. The normalized spacial score (nSPS) is 11.7. The fraction of sp³-hybridized carbons (Fsp3) is 0.0455. The standard InChI is InChI=1S/C22H10ClF5N2O3/c23-13-4-1-3-12(22(26,27)28)17(13)20(31)30-16-6-2-5-14(24)18(16)19(29-30)10-7-8-11(21(32)33)15(25)9-10/h1-9H,(H,32,33). The number of carbonyl (C=O) groups is 2. The number of carboxylic acids is 1. The van der Waals surface area contributed by atoms with Crippen LogP contribution in [0.5, 0.6) is 0 Å². The summed E-state index contributed by atoms with van der Waals surface area (Å²) in [6, 6.07) is 9.15. The van der Waals surface area contributed by atoms with Gasteiger partial charge in [-0.1, -0.05) is 29.8 Å². The predicted molar refractivity (Wildman–Crippen MR) is 108 cm³/mol. The predicted octanol–water partition coefficient (Wildman–Crippen LogP) is 6.04. The number of benzene rings is 3. The summed E-state index contributed by atoms with van der Waals surface area (Å²) in [6.07, 6.45) is -4.91. The molecule has 0 bridgehead atoms. The average Bonchev–Trinajstić information content (AvgIpc) is 3.13. The molecule has 0 saturated heterocycles. The molecular weight excluding hydrogens is 471 g/mol. The molecule has 4 rings (SSSR count). The summed E-state index contributed by atoms with van der Waals surface area (Å²) in [5, 5.41) is 12.2. The number of rotatable bonds is 3. The van der Waals surface area contributed by atoms with Crippen molar-refractivity contribution in [2.45, 2.75) is 6.18 Å². The van der Waals surface area contributed by atoms with E-state index in [2.05, 4.69) is 5.10 Å². The molecule has 0 spiro atoms. The summed E-state index contributed by atoms with van der Waals surface area (Å²) < 4.78 is 70.0. The minimum Gasteiger partial charge on any atom is -0.478 e. The highest BCUT2D eigenvalue weighted by Crippen LogP contribution is 2.37. The third-order valence-corrected chi connectivity index (χ3v) is 5.17. The Bertz CT molecular complexity index is 1450. The van der Waals surface area contributed by atoms with Gasteiger partial charge in [0.25, 0.3) is 5.91 Å². The van der Waals surface area contributed by atoms with Crippen LogP contribution in [0.3, 0.4) is 0 Å². The number of carboxylic acid groups (broad SMARTS) is 1. The lowest BCUT2D eigenvalue weighted by molar-refractivity contribution is -0.137. The zero-order valence-electron chi connectivity index (χ0n) is 16.1. The minimum atomic E-state index is -4.91. The second-order valence-corrected chi connectivity index (χ2v) is 7.27. The van der Waals surface area contributed by atoms with E-state index in [0.29, 0.717) is 10.7 Å². The first-order valence-electron chi connectivity index (χ1n) is 9.11. The van der Waals surface area contributed by atoms with E-state index in [1.807, 2.05) is 0 Å². The van der Waals surface area contributed by atoms with Crippen LogP contribution in [0.25, 0.3) is 22.2 Å². The van der Waals surface area contributed by atoms with Gasteiger partial charge in [-0.3, -0.25) is 4.79 Å². The van der Waals surface area contributed by atoms with Crippen molar-refractivity contribution in [3.63, 3.8) is 0 Å². The van der Waals surface area contributed by atoms with Gasteiger partial charge < -0.3 is 5.11 Å². The molecule has 1 heterocycles. The third-order valence-electron chi connectivity index (χ3n) is 4.85. The molecule has 0 saturated carbocycles. The Morgan fingerprint density at radius 1 is 0.970 bits per heavy atom. The molecule has 3 aromatic carbocycles. The number of carbonyl (C=O) groups excluding carboxylic acids is 1. The highest BCUT2D eigenvalue weighted by Gasteiger charge is 2.37. The van der Waals surface area contributed by atoms with E-state index in [-0.39, 0.29) is 22.2 Å². The molecule has 0 atom stereocenters. The lowest BCUT2D eigenvalue weighted by Crippen LogP contribution is -2.20. The molecular formula is C22H10ClF5N2O3. The number of alkyl halides is 3. The second-order valence-electron chi connectivity index (χ2n) is 6.86. The Morgan fingerprint density at radius 3 is 2.30 bits per heavy atom. The molecule has 33 heavy (non-hydrogen) atoms. The van der Waals surface area contributed by atoms with Gasteiger partial charge in [-0.15, -0.1) is 0 Å². The van der Waals surface area contributed by atoms with Crippen molar-refractivity contribution < 1.29 is 36.6 Å². The minimum absolute atomic E-state index is 0.0886. The van der Waals surface area contributed by atoms with E-state index >= 15 is 0 Å². The molecule has 1 N–H and O–H groups in total. The Balaban J connectivity index is 1.98. The van der Waals surface area contributed by atoms with E-state index in [0.717, 1.165) is 36.4 Å². The van der Waals surface area contributed by atoms with Crippen molar-refractivity contribution in [2.75, 3.05) is 0 Å². The molecule has 168 valence electrons. The summed E-state index contributed by atoms with van der Waals surface area (Å²) in [5.41, 5.74) is -3.39. The first-order chi connectivity index (χ1) is 15.5. The highest BCUT2D eigenvalue weighted by atomic mass is 35.5. The first-order valence-corrected chi connectivity index (χ1v) is 9.49. The van der Waals surface area contributed by atoms with Crippen molar-refractivity contribution in [2.24, 2.45) is 0 Å². The van der Waals surface area contributed by atoms with Gasteiger partial charge in [0, 0.05) is 5.56 Å². The zero-order chi connectivity index (χ0) is 24.1. The van der Waals surface area contributed by atoms with E-state index < -0.39 is 51.4 Å². The molecule has 0 radical (unpaired) electrons. The van der Waals surface area contributed by atoms with Crippen molar-refractivity contribution in [3.8, 4) is 11.3 Å². The molecule has 1 aromatic heterocycles. The molecule has 4 aromatic rings. The van der Waals surface area contributed by atoms with E-state index in [1.165, 1.54) is 12.1 Å². The number of fused-ring (bicyclic) bond motifs is 1. The maximum absolute atomic E-state index is 14.7. The molecule has 11 heteroatoms. The number of halogens is 6. The largest absolute Gasteiger partial charge is 0.478 e. The number of hydrogen-bond acceptors (Lipinski definition) is 3. The molecule has 0 amide bonds. The van der Waals surface area contributed by atoms with Crippen LogP contribution in [0.1, 0.15) is 26.3 Å². The van der Waals surface area contributed by atoms with Crippen LogP contribution in [-0.4, -0.2) is 26.8 Å². The lowest BCUT2D eigenvalue weighted by atomic mass is 10.0. The number of hydrogen-bond donors (Lipinski definition) is 1. The van der Waals surface area contributed by atoms with Crippen LogP contribution in [0.4, 0.5) is 22.0 Å². The van der Waals surface area contributed by atoms with Gasteiger partial charge >= 0.3 is 12.1 Å². The first kappa shape index (κ1) is 22.4. The topological polar surface area (TPSA) is 72.2 Å². The fourth-order valence-corrected chi connectivity index (χ4v) is 3.66. The van der Waals surface area contributed by atoms with Crippen molar-refractivity contribution in [1.29, 1.82) is 0 Å². The maximum atomic E-state index is 14.7. The van der Waals surface area contributed by atoms with E-state index in [9.17, 15) is 31.5 Å². The number of aromatic nitrogens is 2. The van der Waals surface area contributed by atoms with Crippen LogP contribution < -0.4 is 0 Å². The van der Waals surface area contributed by atoms with E-state index in [4.69, 9.17) is 16.7 Å². The molecule has 0 fully saturated rings. The molecule has 5 nitrogen and oxygen atoms in total. The van der Waals surface area contributed by atoms with Crippen LogP contribution in [0.2, 0.25) is 5.02 Å². The molecule has 0 unspecified atom stereocenters. The van der Waals surface area contributed by atoms with Gasteiger partial charge in [0.15, 0.2) is 0 Å². The van der Waals surface area contributed by atoms with Gasteiger partial charge in [0.05, 0.1) is 32.6 Å². The monoisotopic (exact) mass is 480 g/mol. The molecule has 0 aliphatic carbocycles. The quantitative estimate of drug-likeness (QED) is 0.363. The van der Waals surface area contributed by atoms with Crippen LogP contribution in [0.15, 0.2) is 54.6 Å². The summed E-state index contributed by atoms with van der Waals surface area (Å²) in [7, 11) is 0. The highest BCUT2D eigenvalue weighted by molar-refractivity contribution is 6.34. The van der Waals surface area contributed by atoms with Gasteiger partial charge in [-0.05, 0) is 36.4 Å². The zero-order valence-corrected chi connectivity index (χ0v) is 16.9. The maximum Gasteiger partial charge on any atom is 0.417 e. The Kier molecular flexibility index (Phi) is 5.41. The van der Waals surface area contributed by atoms with Crippen LogP contribution >= 0.6 is 11.6 Å². The van der Waals surface area contributed by atoms with Gasteiger partial charge in [0.2, 0.25) is 0 Å². The number of aromatic carboxylic acids is 1. The average molecular weight is 481 g/mol. The third kappa shape index (κ3) is 3.82.